The summed E-state index contributed by atoms with van der Waals surface area (Å²) in [6.45, 7) is 2.68. The zero-order valence-electron chi connectivity index (χ0n) is 11.7. The molecule has 1 saturated heterocycles. The van der Waals surface area contributed by atoms with Gasteiger partial charge in [-0.25, -0.2) is 0 Å². The molecule has 0 saturated carbocycles. The third-order valence-electron chi connectivity index (χ3n) is 4.09. The maximum absolute atomic E-state index is 11.1. The molecule has 1 unspecified atom stereocenters. The van der Waals surface area contributed by atoms with E-state index in [2.05, 4.69) is 21.9 Å². The zero-order chi connectivity index (χ0) is 13.9. The average molecular weight is 262 g/mol. The Morgan fingerprint density at radius 2 is 2.05 bits per heavy atom. The molecule has 1 aliphatic rings. The van der Waals surface area contributed by atoms with Crippen LogP contribution in [0.15, 0.2) is 30.3 Å². The van der Waals surface area contributed by atoms with E-state index in [9.17, 15) is 4.79 Å². The van der Waals surface area contributed by atoms with Gasteiger partial charge in [0.25, 0.3) is 0 Å². The Balaban J connectivity index is 2.02. The van der Waals surface area contributed by atoms with Gasteiger partial charge < -0.3 is 10.0 Å². The van der Waals surface area contributed by atoms with Crippen molar-refractivity contribution in [2.75, 3.05) is 27.2 Å². The van der Waals surface area contributed by atoms with Crippen LogP contribution in [0.5, 0.6) is 0 Å². The highest BCUT2D eigenvalue weighted by Crippen LogP contribution is 2.30. The Morgan fingerprint density at radius 3 is 2.63 bits per heavy atom. The molecule has 4 nitrogen and oxygen atoms in total. The molecule has 1 aromatic rings. The topological polar surface area (TPSA) is 43.8 Å². The van der Waals surface area contributed by atoms with E-state index in [0.29, 0.717) is 0 Å². The van der Waals surface area contributed by atoms with Gasteiger partial charge in [0, 0.05) is 25.2 Å². The smallest absolute Gasteiger partial charge is 0.305 e. The number of hydrogen-bond acceptors (Lipinski definition) is 3. The van der Waals surface area contributed by atoms with Crippen LogP contribution < -0.4 is 0 Å². The fraction of sp³-hybridized carbons (Fsp3) is 0.533. The van der Waals surface area contributed by atoms with Crippen LogP contribution in [0.4, 0.5) is 0 Å². The van der Waals surface area contributed by atoms with E-state index in [-0.39, 0.29) is 12.0 Å². The van der Waals surface area contributed by atoms with Gasteiger partial charge in [0.1, 0.15) is 0 Å². The predicted molar refractivity (Wildman–Crippen MR) is 75.0 cm³/mol. The normalized spacial score (nSPS) is 23.9. The fourth-order valence-corrected chi connectivity index (χ4v) is 2.87. The van der Waals surface area contributed by atoms with E-state index < -0.39 is 5.97 Å². The first kappa shape index (κ1) is 14.0. The van der Waals surface area contributed by atoms with Gasteiger partial charge in [0.2, 0.25) is 0 Å². The highest BCUT2D eigenvalue weighted by Gasteiger charge is 2.41. The van der Waals surface area contributed by atoms with E-state index in [1.807, 2.05) is 32.3 Å². The lowest BCUT2D eigenvalue weighted by molar-refractivity contribution is -0.139. The number of nitrogens with zero attached hydrogens (tertiary/aromatic N) is 2. The number of likely N-dealkylation sites (N-methyl/N-ethyl adjacent to an activating group) is 1. The maximum atomic E-state index is 11.1. The third-order valence-corrected chi connectivity index (χ3v) is 4.09. The van der Waals surface area contributed by atoms with Crippen LogP contribution in [-0.2, 0) is 11.3 Å². The lowest BCUT2D eigenvalue weighted by Gasteiger charge is -2.35. The number of hydrogen-bond donors (Lipinski definition) is 1. The van der Waals surface area contributed by atoms with Crippen molar-refractivity contribution in [3.05, 3.63) is 35.9 Å². The molecule has 1 aliphatic heterocycles. The summed E-state index contributed by atoms with van der Waals surface area (Å²) in [7, 11) is 3.96. The molecular formula is C15H22N2O2. The first-order valence-corrected chi connectivity index (χ1v) is 6.67. The van der Waals surface area contributed by atoms with Crippen molar-refractivity contribution in [3.8, 4) is 0 Å². The molecule has 0 aromatic heterocycles. The van der Waals surface area contributed by atoms with Crippen LogP contribution >= 0.6 is 0 Å². The van der Waals surface area contributed by atoms with Crippen LogP contribution in [0, 0.1) is 0 Å². The first-order valence-electron chi connectivity index (χ1n) is 6.67. The van der Waals surface area contributed by atoms with Crippen molar-refractivity contribution < 1.29 is 9.90 Å². The molecule has 1 N–H and O–H groups in total. The standard InChI is InChI=1S/C15H22N2O2/c1-16(2)15(10-14(18)19)8-9-17(12-15)11-13-6-4-3-5-7-13/h3-7H,8-12H2,1-2H3,(H,18,19). The largest absolute Gasteiger partial charge is 0.481 e. The van der Waals surface area contributed by atoms with Crippen molar-refractivity contribution in [1.29, 1.82) is 0 Å². The van der Waals surface area contributed by atoms with Crippen LogP contribution in [0.1, 0.15) is 18.4 Å². The molecule has 4 heteroatoms. The second-order valence-corrected chi connectivity index (χ2v) is 5.64. The van der Waals surface area contributed by atoms with Crippen molar-refractivity contribution >= 4 is 5.97 Å². The summed E-state index contributed by atoms with van der Waals surface area (Å²) in [6, 6.07) is 10.3. The summed E-state index contributed by atoms with van der Waals surface area (Å²) in [4.78, 5) is 15.5. The molecule has 2 rings (SSSR count). The van der Waals surface area contributed by atoms with Crippen molar-refractivity contribution in [2.45, 2.75) is 24.9 Å². The molecule has 0 spiro atoms. The third kappa shape index (κ3) is 3.33. The second kappa shape index (κ2) is 5.72. The van der Waals surface area contributed by atoms with Gasteiger partial charge in [0.15, 0.2) is 0 Å². The number of carboxylic acids is 1. The Bertz CT molecular complexity index is 433. The van der Waals surface area contributed by atoms with Crippen molar-refractivity contribution in [3.63, 3.8) is 0 Å². The molecule has 0 amide bonds. The highest BCUT2D eigenvalue weighted by atomic mass is 16.4. The number of rotatable bonds is 5. The monoisotopic (exact) mass is 262 g/mol. The fourth-order valence-electron chi connectivity index (χ4n) is 2.87. The number of carboxylic acid groups (broad SMARTS) is 1. The highest BCUT2D eigenvalue weighted by molar-refractivity contribution is 5.68. The van der Waals surface area contributed by atoms with Gasteiger partial charge in [-0.3, -0.25) is 9.69 Å². The molecule has 0 bridgehead atoms. The number of likely N-dealkylation sites (tertiary alicyclic amines) is 1. The predicted octanol–water partition coefficient (Wildman–Crippen LogP) is 1.67. The quantitative estimate of drug-likeness (QED) is 0.876. The number of carbonyl (C=O) groups is 1. The summed E-state index contributed by atoms with van der Waals surface area (Å²) in [6.07, 6.45) is 1.13. The summed E-state index contributed by atoms with van der Waals surface area (Å²) < 4.78 is 0. The number of benzene rings is 1. The summed E-state index contributed by atoms with van der Waals surface area (Å²) in [5, 5.41) is 9.12. The minimum absolute atomic E-state index is 0.214. The van der Waals surface area contributed by atoms with E-state index in [4.69, 9.17) is 5.11 Å². The van der Waals surface area contributed by atoms with Gasteiger partial charge in [-0.1, -0.05) is 30.3 Å². The van der Waals surface area contributed by atoms with E-state index in [1.165, 1.54) is 5.56 Å². The van der Waals surface area contributed by atoms with Crippen LogP contribution in [0.25, 0.3) is 0 Å². The maximum Gasteiger partial charge on any atom is 0.305 e. The van der Waals surface area contributed by atoms with E-state index in [0.717, 1.165) is 26.1 Å². The molecular weight excluding hydrogens is 240 g/mol. The Kier molecular flexibility index (Phi) is 4.22. The molecule has 0 aliphatic carbocycles. The minimum Gasteiger partial charge on any atom is -0.481 e. The molecule has 1 heterocycles. The second-order valence-electron chi connectivity index (χ2n) is 5.64. The van der Waals surface area contributed by atoms with Gasteiger partial charge >= 0.3 is 5.97 Å². The molecule has 1 fully saturated rings. The zero-order valence-corrected chi connectivity index (χ0v) is 11.7. The van der Waals surface area contributed by atoms with Crippen LogP contribution in [0.2, 0.25) is 0 Å². The molecule has 0 radical (unpaired) electrons. The van der Waals surface area contributed by atoms with Crippen LogP contribution in [0.3, 0.4) is 0 Å². The SMILES string of the molecule is CN(C)C1(CC(=O)O)CCN(Cc2ccccc2)C1. The molecule has 1 aromatic carbocycles. The van der Waals surface area contributed by atoms with Gasteiger partial charge in [-0.05, 0) is 26.1 Å². The van der Waals surface area contributed by atoms with E-state index >= 15 is 0 Å². The van der Waals surface area contributed by atoms with Gasteiger partial charge in [-0.15, -0.1) is 0 Å². The summed E-state index contributed by atoms with van der Waals surface area (Å²) >= 11 is 0. The lowest BCUT2D eigenvalue weighted by Crippen LogP contribution is -2.48. The van der Waals surface area contributed by atoms with Gasteiger partial charge in [0.05, 0.1) is 6.42 Å². The lowest BCUT2D eigenvalue weighted by atomic mass is 9.93. The van der Waals surface area contributed by atoms with Crippen molar-refractivity contribution in [2.24, 2.45) is 0 Å². The van der Waals surface area contributed by atoms with Crippen molar-refractivity contribution in [1.82, 2.24) is 9.80 Å². The summed E-state index contributed by atoms with van der Waals surface area (Å²) in [5.41, 5.74) is 1.06. The number of aliphatic carboxylic acids is 1. The first-order chi connectivity index (χ1) is 9.02. The summed E-state index contributed by atoms with van der Waals surface area (Å²) in [5.74, 6) is -0.713. The Labute approximate surface area is 114 Å². The van der Waals surface area contributed by atoms with E-state index in [1.54, 1.807) is 0 Å². The molecule has 1 atom stereocenters. The van der Waals surface area contributed by atoms with Crippen LogP contribution in [-0.4, -0.2) is 53.6 Å². The Morgan fingerprint density at radius 1 is 1.37 bits per heavy atom. The Hall–Kier alpha value is -1.39. The molecule has 104 valence electrons. The van der Waals surface area contributed by atoms with Gasteiger partial charge in [-0.2, -0.15) is 0 Å². The minimum atomic E-state index is -0.713. The average Bonchev–Trinajstić information content (AvgIpc) is 2.74. The molecule has 19 heavy (non-hydrogen) atoms.